The Kier molecular flexibility index (Phi) is 3.50. The minimum atomic E-state index is -3.93. The Morgan fingerprint density at radius 2 is 2.05 bits per heavy atom. The Labute approximate surface area is 122 Å². The standard InChI is InChI=1S/C13H15NO6S/c15-13(16)9-3-2-6-14(9)21(17,18)11-5-1-4-10-12(11)20-8-7-19-10/h1,4-5,9H,2-3,6-8H2,(H,15,16)/t9-/m0/s1. The average molecular weight is 313 g/mol. The highest BCUT2D eigenvalue weighted by atomic mass is 32.2. The molecule has 0 saturated carbocycles. The van der Waals surface area contributed by atoms with Crippen molar-refractivity contribution in [2.75, 3.05) is 19.8 Å². The molecular formula is C13H15NO6S. The van der Waals surface area contributed by atoms with E-state index in [1.54, 1.807) is 12.1 Å². The van der Waals surface area contributed by atoms with Gasteiger partial charge in [-0.2, -0.15) is 4.31 Å². The lowest BCUT2D eigenvalue weighted by Gasteiger charge is -2.25. The number of carbonyl (C=O) groups is 1. The molecule has 2 aliphatic rings. The molecular weight excluding hydrogens is 298 g/mol. The number of ether oxygens (including phenoxy) is 2. The summed E-state index contributed by atoms with van der Waals surface area (Å²) < 4.78 is 37.3. The molecule has 0 unspecified atom stereocenters. The number of hydrogen-bond donors (Lipinski definition) is 1. The molecule has 21 heavy (non-hydrogen) atoms. The van der Waals surface area contributed by atoms with Crippen molar-refractivity contribution < 1.29 is 27.8 Å². The monoisotopic (exact) mass is 313 g/mol. The highest BCUT2D eigenvalue weighted by Gasteiger charge is 2.41. The summed E-state index contributed by atoms with van der Waals surface area (Å²) in [5.74, 6) is -0.591. The van der Waals surface area contributed by atoms with Crippen molar-refractivity contribution in [1.82, 2.24) is 4.31 Å². The Balaban J connectivity index is 2.05. The lowest BCUT2D eigenvalue weighted by Crippen LogP contribution is -2.40. The number of benzene rings is 1. The maximum Gasteiger partial charge on any atom is 0.322 e. The molecule has 114 valence electrons. The first-order chi connectivity index (χ1) is 10.0. The Bertz CT molecular complexity index is 671. The maximum atomic E-state index is 12.7. The van der Waals surface area contributed by atoms with Gasteiger partial charge in [0.05, 0.1) is 0 Å². The molecule has 2 aliphatic heterocycles. The number of sulfonamides is 1. The molecule has 1 aromatic carbocycles. The molecule has 2 heterocycles. The average Bonchev–Trinajstić information content (AvgIpc) is 2.97. The zero-order valence-corrected chi connectivity index (χ0v) is 12.0. The summed E-state index contributed by atoms with van der Waals surface area (Å²) in [6.45, 7) is 0.823. The maximum absolute atomic E-state index is 12.7. The van der Waals surface area contributed by atoms with Crippen molar-refractivity contribution >= 4 is 16.0 Å². The predicted octanol–water partition coefficient (Wildman–Crippen LogP) is 0.695. The lowest BCUT2D eigenvalue weighted by atomic mass is 10.2. The molecule has 8 heteroatoms. The van der Waals surface area contributed by atoms with E-state index in [1.807, 2.05) is 0 Å². The SMILES string of the molecule is O=C(O)[C@@H]1CCCN1S(=O)(=O)c1cccc2c1OCCO2. The molecule has 0 spiro atoms. The van der Waals surface area contributed by atoms with E-state index in [9.17, 15) is 18.3 Å². The van der Waals surface area contributed by atoms with Crippen molar-refractivity contribution in [2.24, 2.45) is 0 Å². The van der Waals surface area contributed by atoms with E-state index in [4.69, 9.17) is 9.47 Å². The normalized spacial score (nSPS) is 22.2. The van der Waals surface area contributed by atoms with Crippen LogP contribution in [-0.2, 0) is 14.8 Å². The molecule has 1 N–H and O–H groups in total. The fourth-order valence-corrected chi connectivity index (χ4v) is 4.45. The van der Waals surface area contributed by atoms with E-state index in [-0.39, 0.29) is 23.8 Å². The number of para-hydroxylation sites is 1. The molecule has 1 aromatic rings. The van der Waals surface area contributed by atoms with Crippen LogP contribution in [0.15, 0.2) is 23.1 Å². The second-order valence-electron chi connectivity index (χ2n) is 4.89. The van der Waals surface area contributed by atoms with E-state index in [0.29, 0.717) is 25.2 Å². The zero-order valence-electron chi connectivity index (χ0n) is 11.2. The number of aliphatic carboxylic acids is 1. The summed E-state index contributed by atoms with van der Waals surface area (Å²) in [5.41, 5.74) is 0. The minimum Gasteiger partial charge on any atom is -0.486 e. The number of carboxylic acids is 1. The second kappa shape index (κ2) is 5.19. The first kappa shape index (κ1) is 14.2. The van der Waals surface area contributed by atoms with Gasteiger partial charge >= 0.3 is 5.97 Å². The summed E-state index contributed by atoms with van der Waals surface area (Å²) >= 11 is 0. The number of nitrogens with zero attached hydrogens (tertiary/aromatic N) is 1. The lowest BCUT2D eigenvalue weighted by molar-refractivity contribution is -0.140. The third kappa shape index (κ3) is 2.34. The van der Waals surface area contributed by atoms with Crippen LogP contribution in [0.5, 0.6) is 11.5 Å². The van der Waals surface area contributed by atoms with Gasteiger partial charge in [0.15, 0.2) is 11.5 Å². The van der Waals surface area contributed by atoms with E-state index in [0.717, 1.165) is 4.31 Å². The molecule has 0 radical (unpaired) electrons. The summed E-state index contributed by atoms with van der Waals surface area (Å²) in [7, 11) is -3.93. The number of fused-ring (bicyclic) bond motifs is 1. The van der Waals surface area contributed by atoms with Crippen LogP contribution >= 0.6 is 0 Å². The highest BCUT2D eigenvalue weighted by molar-refractivity contribution is 7.89. The van der Waals surface area contributed by atoms with E-state index >= 15 is 0 Å². The molecule has 1 fully saturated rings. The quantitative estimate of drug-likeness (QED) is 0.883. The molecule has 1 atom stereocenters. The molecule has 1 saturated heterocycles. The van der Waals surface area contributed by atoms with Crippen molar-refractivity contribution in [3.8, 4) is 11.5 Å². The number of hydrogen-bond acceptors (Lipinski definition) is 5. The Morgan fingerprint density at radius 1 is 1.29 bits per heavy atom. The Hall–Kier alpha value is -1.80. The van der Waals surface area contributed by atoms with Gasteiger partial charge in [0.1, 0.15) is 24.2 Å². The topological polar surface area (TPSA) is 93.1 Å². The van der Waals surface area contributed by atoms with Crippen LogP contribution in [-0.4, -0.2) is 49.6 Å². The second-order valence-corrected chi connectivity index (χ2v) is 6.75. The summed E-state index contributed by atoms with van der Waals surface area (Å²) in [6.07, 6.45) is 0.851. The highest BCUT2D eigenvalue weighted by Crippen LogP contribution is 2.39. The van der Waals surface area contributed by atoms with E-state index in [1.165, 1.54) is 6.07 Å². The Morgan fingerprint density at radius 3 is 2.81 bits per heavy atom. The molecule has 0 amide bonds. The van der Waals surface area contributed by atoms with Gasteiger partial charge < -0.3 is 14.6 Å². The van der Waals surface area contributed by atoms with Crippen LogP contribution in [0.4, 0.5) is 0 Å². The van der Waals surface area contributed by atoms with Crippen molar-refractivity contribution in [3.63, 3.8) is 0 Å². The van der Waals surface area contributed by atoms with Crippen LogP contribution in [0.2, 0.25) is 0 Å². The number of carboxylic acid groups (broad SMARTS) is 1. The molecule has 0 aliphatic carbocycles. The van der Waals surface area contributed by atoms with E-state index < -0.39 is 22.0 Å². The summed E-state index contributed by atoms with van der Waals surface area (Å²) in [6, 6.07) is 3.59. The zero-order chi connectivity index (χ0) is 15.0. The smallest absolute Gasteiger partial charge is 0.322 e. The van der Waals surface area contributed by atoms with E-state index in [2.05, 4.69) is 0 Å². The van der Waals surface area contributed by atoms with Crippen molar-refractivity contribution in [3.05, 3.63) is 18.2 Å². The fraction of sp³-hybridized carbons (Fsp3) is 0.462. The third-order valence-electron chi connectivity index (χ3n) is 3.61. The molecule has 7 nitrogen and oxygen atoms in total. The fourth-order valence-electron chi connectivity index (χ4n) is 2.65. The van der Waals surface area contributed by atoms with Gasteiger partial charge in [-0.1, -0.05) is 6.07 Å². The minimum absolute atomic E-state index is 0.0344. The van der Waals surface area contributed by atoms with Crippen molar-refractivity contribution in [2.45, 2.75) is 23.8 Å². The van der Waals surface area contributed by atoms with Crippen LogP contribution in [0, 0.1) is 0 Å². The molecule has 0 aromatic heterocycles. The van der Waals surface area contributed by atoms with Crippen LogP contribution < -0.4 is 9.47 Å². The van der Waals surface area contributed by atoms with Crippen LogP contribution in [0.25, 0.3) is 0 Å². The summed E-state index contributed by atoms with van der Waals surface area (Å²) in [4.78, 5) is 11.2. The van der Waals surface area contributed by atoms with Crippen LogP contribution in [0.1, 0.15) is 12.8 Å². The van der Waals surface area contributed by atoms with Gasteiger partial charge in [0.2, 0.25) is 10.0 Å². The largest absolute Gasteiger partial charge is 0.486 e. The van der Waals surface area contributed by atoms with Crippen LogP contribution in [0.3, 0.4) is 0 Å². The first-order valence-electron chi connectivity index (χ1n) is 6.65. The third-order valence-corrected chi connectivity index (χ3v) is 5.54. The van der Waals surface area contributed by atoms with Crippen molar-refractivity contribution in [1.29, 1.82) is 0 Å². The van der Waals surface area contributed by atoms with Gasteiger partial charge in [0.25, 0.3) is 0 Å². The summed E-state index contributed by atoms with van der Waals surface area (Å²) in [5, 5.41) is 9.17. The van der Waals surface area contributed by atoms with Gasteiger partial charge in [-0.15, -0.1) is 0 Å². The van der Waals surface area contributed by atoms with Gasteiger partial charge in [-0.3, -0.25) is 4.79 Å². The van der Waals surface area contributed by atoms with Gasteiger partial charge in [0, 0.05) is 6.54 Å². The molecule has 0 bridgehead atoms. The number of rotatable bonds is 3. The first-order valence-corrected chi connectivity index (χ1v) is 8.09. The predicted molar refractivity (Wildman–Crippen MR) is 72.0 cm³/mol. The van der Waals surface area contributed by atoms with Gasteiger partial charge in [-0.25, -0.2) is 8.42 Å². The van der Waals surface area contributed by atoms with Gasteiger partial charge in [-0.05, 0) is 25.0 Å². The molecule has 3 rings (SSSR count).